The highest BCUT2D eigenvalue weighted by molar-refractivity contribution is 7.16. The predicted molar refractivity (Wildman–Crippen MR) is 79.2 cm³/mol. The number of rotatable bonds is 3. The van der Waals surface area contributed by atoms with Gasteiger partial charge in [0.15, 0.2) is 0 Å². The van der Waals surface area contributed by atoms with Crippen LogP contribution in [0.3, 0.4) is 0 Å². The SMILES string of the molecule is O=C(O)[C@@H]1CCN(C(=O)c2cnc(-c3ccccc3F)s2)C1. The molecule has 0 radical (unpaired) electrons. The van der Waals surface area contributed by atoms with Crippen molar-refractivity contribution in [1.29, 1.82) is 0 Å². The van der Waals surface area contributed by atoms with Crippen LogP contribution in [0.15, 0.2) is 30.5 Å². The lowest BCUT2D eigenvalue weighted by Gasteiger charge is -2.13. The van der Waals surface area contributed by atoms with Gasteiger partial charge in [-0.2, -0.15) is 0 Å². The maximum atomic E-state index is 13.7. The Morgan fingerprint density at radius 1 is 1.36 bits per heavy atom. The Morgan fingerprint density at radius 3 is 2.82 bits per heavy atom. The third-order valence-corrected chi connectivity index (χ3v) is 4.66. The Hall–Kier alpha value is -2.28. The van der Waals surface area contributed by atoms with E-state index in [4.69, 9.17) is 5.11 Å². The molecular weight excluding hydrogens is 307 g/mol. The minimum Gasteiger partial charge on any atom is -0.481 e. The normalized spacial score (nSPS) is 17.7. The number of carboxylic acids is 1. The number of carboxylic acid groups (broad SMARTS) is 1. The van der Waals surface area contributed by atoms with Crippen LogP contribution in [0.4, 0.5) is 4.39 Å². The quantitative estimate of drug-likeness (QED) is 0.943. The first-order valence-corrected chi connectivity index (χ1v) is 7.60. The van der Waals surface area contributed by atoms with Crippen LogP contribution in [0.25, 0.3) is 10.6 Å². The van der Waals surface area contributed by atoms with E-state index in [0.717, 1.165) is 11.3 Å². The molecule has 1 N–H and O–H groups in total. The predicted octanol–water partition coefficient (Wildman–Crippen LogP) is 2.50. The largest absolute Gasteiger partial charge is 0.481 e. The monoisotopic (exact) mass is 320 g/mol. The van der Waals surface area contributed by atoms with Crippen molar-refractivity contribution in [3.05, 3.63) is 41.2 Å². The maximum absolute atomic E-state index is 13.7. The maximum Gasteiger partial charge on any atom is 0.308 e. The molecule has 0 spiro atoms. The van der Waals surface area contributed by atoms with Gasteiger partial charge >= 0.3 is 5.97 Å². The summed E-state index contributed by atoms with van der Waals surface area (Å²) in [5, 5.41) is 9.42. The average molecular weight is 320 g/mol. The molecular formula is C15H13FN2O3S. The molecule has 7 heteroatoms. The van der Waals surface area contributed by atoms with E-state index in [-0.39, 0.29) is 18.3 Å². The third-order valence-electron chi connectivity index (χ3n) is 3.65. The van der Waals surface area contributed by atoms with Crippen molar-refractivity contribution < 1.29 is 19.1 Å². The van der Waals surface area contributed by atoms with Gasteiger partial charge in [0.1, 0.15) is 15.7 Å². The van der Waals surface area contributed by atoms with E-state index in [1.165, 1.54) is 17.2 Å². The highest BCUT2D eigenvalue weighted by atomic mass is 32.1. The molecule has 0 unspecified atom stereocenters. The minimum atomic E-state index is -0.883. The average Bonchev–Trinajstić information content (AvgIpc) is 3.17. The molecule has 1 aliphatic heterocycles. The van der Waals surface area contributed by atoms with Crippen LogP contribution in [0.1, 0.15) is 16.1 Å². The summed E-state index contributed by atoms with van der Waals surface area (Å²) in [6.45, 7) is 0.629. The second-order valence-corrected chi connectivity index (χ2v) is 6.12. The fourth-order valence-corrected chi connectivity index (χ4v) is 3.35. The zero-order valence-corrected chi connectivity index (χ0v) is 12.3. The van der Waals surface area contributed by atoms with Gasteiger partial charge in [-0.15, -0.1) is 11.3 Å². The molecule has 1 saturated heterocycles. The Morgan fingerprint density at radius 2 is 2.14 bits per heavy atom. The highest BCUT2D eigenvalue weighted by Crippen LogP contribution is 2.29. The van der Waals surface area contributed by atoms with E-state index in [1.807, 2.05) is 0 Å². The lowest BCUT2D eigenvalue weighted by molar-refractivity contribution is -0.141. The van der Waals surface area contributed by atoms with Gasteiger partial charge in [-0.3, -0.25) is 9.59 Å². The lowest BCUT2D eigenvalue weighted by atomic mass is 10.1. The van der Waals surface area contributed by atoms with E-state index in [0.29, 0.717) is 28.4 Å². The Bertz CT molecular complexity index is 731. The molecule has 0 saturated carbocycles. The van der Waals surface area contributed by atoms with Gasteiger partial charge in [0.25, 0.3) is 5.91 Å². The van der Waals surface area contributed by atoms with Crippen molar-refractivity contribution in [3.8, 4) is 10.6 Å². The van der Waals surface area contributed by atoms with Crippen molar-refractivity contribution >= 4 is 23.2 Å². The molecule has 0 aliphatic carbocycles. The van der Waals surface area contributed by atoms with Gasteiger partial charge in [-0.05, 0) is 18.6 Å². The summed E-state index contributed by atoms with van der Waals surface area (Å²) >= 11 is 1.11. The van der Waals surface area contributed by atoms with Crippen LogP contribution in [0.2, 0.25) is 0 Å². The second-order valence-electron chi connectivity index (χ2n) is 5.08. The highest BCUT2D eigenvalue weighted by Gasteiger charge is 2.32. The Labute approximate surface area is 130 Å². The van der Waals surface area contributed by atoms with Gasteiger partial charge in [0, 0.05) is 18.7 Å². The van der Waals surface area contributed by atoms with Crippen molar-refractivity contribution in [2.75, 3.05) is 13.1 Å². The number of halogens is 1. The summed E-state index contributed by atoms with van der Waals surface area (Å²) in [6.07, 6.45) is 1.88. The van der Waals surface area contributed by atoms with E-state index in [9.17, 15) is 14.0 Å². The number of carbonyl (C=O) groups is 2. The summed E-state index contributed by atoms with van der Waals surface area (Å²) < 4.78 is 13.7. The van der Waals surface area contributed by atoms with E-state index < -0.39 is 11.9 Å². The first-order valence-electron chi connectivity index (χ1n) is 6.79. The number of aliphatic carboxylic acids is 1. The molecule has 2 heterocycles. The first kappa shape index (κ1) is 14.6. The molecule has 114 valence electrons. The number of hydrogen-bond donors (Lipinski definition) is 1. The van der Waals surface area contributed by atoms with Crippen LogP contribution in [0, 0.1) is 11.7 Å². The second kappa shape index (κ2) is 5.84. The Balaban J connectivity index is 1.78. The minimum absolute atomic E-state index is 0.209. The van der Waals surface area contributed by atoms with Crippen molar-refractivity contribution in [3.63, 3.8) is 0 Å². The molecule has 1 aromatic carbocycles. The zero-order chi connectivity index (χ0) is 15.7. The van der Waals surface area contributed by atoms with Crippen molar-refractivity contribution in [1.82, 2.24) is 9.88 Å². The third kappa shape index (κ3) is 2.71. The van der Waals surface area contributed by atoms with Gasteiger partial charge in [-0.25, -0.2) is 9.37 Å². The molecule has 1 atom stereocenters. The number of thiazole rings is 1. The fourth-order valence-electron chi connectivity index (χ4n) is 2.43. The van der Waals surface area contributed by atoms with Crippen LogP contribution < -0.4 is 0 Å². The molecule has 0 bridgehead atoms. The van der Waals surface area contributed by atoms with Gasteiger partial charge in [0.2, 0.25) is 0 Å². The molecule has 1 fully saturated rings. The zero-order valence-electron chi connectivity index (χ0n) is 11.5. The standard InChI is InChI=1S/C15H13FN2O3S/c16-11-4-2-1-3-10(11)13-17-7-12(22-13)14(19)18-6-5-9(8-18)15(20)21/h1-4,7,9H,5-6,8H2,(H,20,21)/t9-/m1/s1. The summed E-state index contributed by atoms with van der Waals surface area (Å²) in [7, 11) is 0. The summed E-state index contributed by atoms with van der Waals surface area (Å²) in [6, 6.07) is 6.25. The summed E-state index contributed by atoms with van der Waals surface area (Å²) in [5.74, 6) is -2.03. The van der Waals surface area contributed by atoms with E-state index in [1.54, 1.807) is 18.2 Å². The van der Waals surface area contributed by atoms with Crippen molar-refractivity contribution in [2.45, 2.75) is 6.42 Å². The van der Waals surface area contributed by atoms with Gasteiger partial charge in [0.05, 0.1) is 12.1 Å². The number of hydrogen-bond acceptors (Lipinski definition) is 4. The molecule has 2 aromatic rings. The molecule has 1 aromatic heterocycles. The number of benzene rings is 1. The number of amides is 1. The Kier molecular flexibility index (Phi) is 3.89. The smallest absolute Gasteiger partial charge is 0.308 e. The topological polar surface area (TPSA) is 70.5 Å². The molecule has 3 rings (SSSR count). The molecule has 1 aliphatic rings. The number of likely N-dealkylation sites (tertiary alicyclic amines) is 1. The van der Waals surface area contributed by atoms with Gasteiger partial charge in [-0.1, -0.05) is 12.1 Å². The van der Waals surface area contributed by atoms with Crippen LogP contribution in [0.5, 0.6) is 0 Å². The first-order chi connectivity index (χ1) is 10.6. The van der Waals surface area contributed by atoms with Gasteiger partial charge < -0.3 is 10.0 Å². The number of aromatic nitrogens is 1. The summed E-state index contributed by atoms with van der Waals surface area (Å²) in [4.78, 5) is 29.3. The lowest BCUT2D eigenvalue weighted by Crippen LogP contribution is -2.29. The van der Waals surface area contributed by atoms with Crippen LogP contribution in [-0.2, 0) is 4.79 Å². The van der Waals surface area contributed by atoms with Crippen LogP contribution >= 0.6 is 11.3 Å². The van der Waals surface area contributed by atoms with E-state index in [2.05, 4.69) is 4.98 Å². The molecule has 5 nitrogen and oxygen atoms in total. The van der Waals surface area contributed by atoms with Crippen molar-refractivity contribution in [2.24, 2.45) is 5.92 Å². The van der Waals surface area contributed by atoms with Crippen LogP contribution in [-0.4, -0.2) is 40.0 Å². The number of carbonyl (C=O) groups excluding carboxylic acids is 1. The summed E-state index contributed by atoms with van der Waals surface area (Å²) in [5.41, 5.74) is 0.358. The molecule has 22 heavy (non-hydrogen) atoms. The molecule has 1 amide bonds. The number of nitrogens with zero attached hydrogens (tertiary/aromatic N) is 2. The van der Waals surface area contributed by atoms with E-state index >= 15 is 0 Å². The fraction of sp³-hybridized carbons (Fsp3) is 0.267.